The average molecular weight is 651 g/mol. The SMILES string of the molecule is C=C(Cl)C(=O)Nc1cccc(CN(C(=O)OC(C)(C)C)c2cc(C3=CCN(C(=O)OC(C)(C)C)CC3)nc3c(C(C)C)cnn23)c1. The van der Waals surface area contributed by atoms with E-state index in [0.29, 0.717) is 42.4 Å². The molecule has 0 radical (unpaired) electrons. The van der Waals surface area contributed by atoms with Crippen molar-refractivity contribution in [1.82, 2.24) is 19.5 Å². The van der Waals surface area contributed by atoms with Crippen LogP contribution in [0.1, 0.15) is 84.5 Å². The number of nitrogens with zero attached hydrogens (tertiary/aromatic N) is 5. The van der Waals surface area contributed by atoms with E-state index in [0.717, 1.165) is 16.7 Å². The minimum absolute atomic E-state index is 0.0986. The van der Waals surface area contributed by atoms with Crippen LogP contribution in [0.2, 0.25) is 0 Å². The second kappa shape index (κ2) is 13.5. The maximum Gasteiger partial charge on any atom is 0.416 e. The molecule has 1 aromatic carbocycles. The normalized spacial score (nSPS) is 13.8. The number of fused-ring (bicyclic) bond motifs is 1. The molecule has 0 atom stereocenters. The van der Waals surface area contributed by atoms with Crippen LogP contribution in [0, 0.1) is 0 Å². The van der Waals surface area contributed by atoms with Gasteiger partial charge in [0.15, 0.2) is 5.65 Å². The van der Waals surface area contributed by atoms with Gasteiger partial charge >= 0.3 is 12.2 Å². The molecule has 246 valence electrons. The zero-order valence-corrected chi connectivity index (χ0v) is 28.6. The first-order valence-electron chi connectivity index (χ1n) is 15.2. The molecule has 1 aliphatic rings. The van der Waals surface area contributed by atoms with E-state index in [1.165, 1.54) is 4.90 Å². The topological polar surface area (TPSA) is 118 Å². The van der Waals surface area contributed by atoms with Crippen molar-refractivity contribution in [2.45, 2.75) is 85.5 Å². The Kier molecular flexibility index (Phi) is 10.2. The van der Waals surface area contributed by atoms with Crippen LogP contribution < -0.4 is 10.2 Å². The fraction of sp³-hybridized carbons (Fsp3) is 0.441. The van der Waals surface area contributed by atoms with E-state index >= 15 is 0 Å². The number of hydrogen-bond acceptors (Lipinski definition) is 7. The third-order valence-electron chi connectivity index (χ3n) is 6.95. The molecule has 46 heavy (non-hydrogen) atoms. The molecule has 0 saturated carbocycles. The Bertz CT molecular complexity index is 1680. The second-order valence-corrected chi connectivity index (χ2v) is 14.0. The predicted octanol–water partition coefficient (Wildman–Crippen LogP) is 7.51. The Morgan fingerprint density at radius 2 is 1.78 bits per heavy atom. The van der Waals surface area contributed by atoms with E-state index in [-0.39, 0.29) is 23.6 Å². The van der Waals surface area contributed by atoms with E-state index in [1.54, 1.807) is 54.6 Å². The van der Waals surface area contributed by atoms with Crippen molar-refractivity contribution in [1.29, 1.82) is 0 Å². The molecule has 0 bridgehead atoms. The van der Waals surface area contributed by atoms with Crippen molar-refractivity contribution >= 4 is 52.4 Å². The van der Waals surface area contributed by atoms with Gasteiger partial charge in [0.05, 0.1) is 23.5 Å². The molecular weight excluding hydrogens is 608 g/mol. The van der Waals surface area contributed by atoms with E-state index in [1.807, 2.05) is 39.0 Å². The number of carbonyl (C=O) groups excluding carboxylic acids is 3. The summed E-state index contributed by atoms with van der Waals surface area (Å²) in [6, 6.07) is 8.93. The number of rotatable bonds is 7. The van der Waals surface area contributed by atoms with E-state index in [4.69, 9.17) is 26.1 Å². The van der Waals surface area contributed by atoms with Gasteiger partial charge in [-0.05, 0) is 77.2 Å². The first kappa shape index (κ1) is 34.5. The van der Waals surface area contributed by atoms with Crippen molar-refractivity contribution in [3.8, 4) is 0 Å². The molecule has 0 unspecified atom stereocenters. The maximum atomic E-state index is 13.9. The van der Waals surface area contributed by atoms with Gasteiger partial charge in [0, 0.05) is 30.4 Å². The van der Waals surface area contributed by atoms with Gasteiger partial charge in [-0.2, -0.15) is 9.61 Å². The molecule has 1 aliphatic heterocycles. The Hall–Kier alpha value is -4.38. The van der Waals surface area contributed by atoms with Gasteiger partial charge < -0.3 is 19.7 Å². The lowest BCUT2D eigenvalue weighted by Crippen LogP contribution is -2.39. The zero-order chi connectivity index (χ0) is 34.0. The number of halogens is 1. The van der Waals surface area contributed by atoms with Crippen LogP contribution >= 0.6 is 11.6 Å². The van der Waals surface area contributed by atoms with Crippen LogP contribution in [0.3, 0.4) is 0 Å². The summed E-state index contributed by atoms with van der Waals surface area (Å²) < 4.78 is 13.1. The molecule has 2 aromatic heterocycles. The molecule has 0 saturated heterocycles. The summed E-state index contributed by atoms with van der Waals surface area (Å²) in [6.07, 6.45) is 3.34. The molecule has 4 rings (SSSR count). The highest BCUT2D eigenvalue weighted by Gasteiger charge is 2.29. The Morgan fingerprint density at radius 1 is 1.09 bits per heavy atom. The van der Waals surface area contributed by atoms with Crippen molar-refractivity contribution in [2.75, 3.05) is 23.3 Å². The lowest BCUT2D eigenvalue weighted by atomic mass is 10.0. The fourth-order valence-electron chi connectivity index (χ4n) is 4.81. The van der Waals surface area contributed by atoms with Gasteiger partial charge in [-0.25, -0.2) is 14.6 Å². The number of anilines is 2. The molecule has 0 fully saturated rings. The number of aromatic nitrogens is 3. The van der Waals surface area contributed by atoms with Crippen LogP contribution in [0.15, 0.2) is 54.2 Å². The van der Waals surface area contributed by atoms with Gasteiger partial charge in [-0.1, -0.05) is 50.2 Å². The maximum absolute atomic E-state index is 13.9. The second-order valence-electron chi connectivity index (χ2n) is 13.5. The first-order chi connectivity index (χ1) is 21.4. The third-order valence-corrected chi connectivity index (χ3v) is 7.13. The van der Waals surface area contributed by atoms with E-state index in [9.17, 15) is 14.4 Å². The van der Waals surface area contributed by atoms with Crippen LogP contribution in [0.25, 0.3) is 11.2 Å². The highest BCUT2D eigenvalue weighted by molar-refractivity contribution is 6.43. The van der Waals surface area contributed by atoms with Crippen LogP contribution in [-0.4, -0.2) is 61.9 Å². The Morgan fingerprint density at radius 3 is 2.37 bits per heavy atom. The van der Waals surface area contributed by atoms with Crippen molar-refractivity contribution in [3.63, 3.8) is 0 Å². The lowest BCUT2D eigenvalue weighted by Gasteiger charge is -2.30. The van der Waals surface area contributed by atoms with Gasteiger partial charge in [0.25, 0.3) is 5.91 Å². The summed E-state index contributed by atoms with van der Waals surface area (Å²) in [5, 5.41) is 7.21. The summed E-state index contributed by atoms with van der Waals surface area (Å²) in [6.45, 7) is 19.5. The lowest BCUT2D eigenvalue weighted by molar-refractivity contribution is -0.112. The highest BCUT2D eigenvalue weighted by atomic mass is 35.5. The molecular formula is C34H43ClN6O5. The number of ether oxygens (including phenoxy) is 2. The van der Waals surface area contributed by atoms with Crippen LogP contribution in [-0.2, 0) is 20.8 Å². The number of nitrogens with one attached hydrogen (secondary N) is 1. The standard InChI is InChI=1S/C34H43ClN6O5/c1-21(2)26-19-36-41-28(18-27(38-29(26)41)24-13-15-39(16-14-24)31(43)45-33(4,5)6)40(32(44)46-34(7,8)9)20-23-11-10-12-25(17-23)37-30(42)22(3)35/h10-13,17-19,21H,3,14-16,20H2,1-2,4-9H3,(H,37,42). The van der Waals surface area contributed by atoms with Crippen molar-refractivity contribution in [3.05, 3.63) is 71.0 Å². The fourth-order valence-corrected chi connectivity index (χ4v) is 4.85. The van der Waals surface area contributed by atoms with Gasteiger partial charge in [-0.15, -0.1) is 0 Å². The minimum Gasteiger partial charge on any atom is -0.444 e. The average Bonchev–Trinajstić information content (AvgIpc) is 3.38. The largest absolute Gasteiger partial charge is 0.444 e. The minimum atomic E-state index is -0.773. The Labute approximate surface area is 275 Å². The molecule has 11 nitrogen and oxygen atoms in total. The van der Waals surface area contributed by atoms with Gasteiger partial charge in [-0.3, -0.25) is 9.69 Å². The molecule has 0 spiro atoms. The number of carbonyl (C=O) groups is 3. The Balaban J connectivity index is 1.79. The van der Waals surface area contributed by atoms with Gasteiger partial charge in [0.2, 0.25) is 0 Å². The smallest absolute Gasteiger partial charge is 0.416 e. The number of amides is 3. The number of hydrogen-bond donors (Lipinski definition) is 1. The number of benzene rings is 1. The zero-order valence-electron chi connectivity index (χ0n) is 27.8. The van der Waals surface area contributed by atoms with Crippen LogP contribution in [0.5, 0.6) is 0 Å². The summed E-state index contributed by atoms with van der Waals surface area (Å²) >= 11 is 5.77. The monoisotopic (exact) mass is 650 g/mol. The third kappa shape index (κ3) is 8.66. The summed E-state index contributed by atoms with van der Waals surface area (Å²) in [5.74, 6) is 0.0512. The molecule has 0 aliphatic carbocycles. The summed E-state index contributed by atoms with van der Waals surface area (Å²) in [5.41, 5.74) is 3.00. The molecule has 3 aromatic rings. The highest BCUT2D eigenvalue weighted by Crippen LogP contribution is 2.31. The molecule has 12 heteroatoms. The summed E-state index contributed by atoms with van der Waals surface area (Å²) in [7, 11) is 0. The first-order valence-corrected chi connectivity index (χ1v) is 15.6. The molecule has 3 heterocycles. The van der Waals surface area contributed by atoms with Crippen molar-refractivity contribution < 1.29 is 23.9 Å². The van der Waals surface area contributed by atoms with Gasteiger partial charge in [0.1, 0.15) is 17.0 Å². The van der Waals surface area contributed by atoms with Crippen LogP contribution in [0.4, 0.5) is 21.1 Å². The predicted molar refractivity (Wildman–Crippen MR) is 180 cm³/mol. The van der Waals surface area contributed by atoms with E-state index < -0.39 is 23.2 Å². The molecule has 3 amide bonds. The van der Waals surface area contributed by atoms with Crippen molar-refractivity contribution in [2.24, 2.45) is 0 Å². The summed E-state index contributed by atoms with van der Waals surface area (Å²) in [4.78, 5) is 46.9. The quantitative estimate of drug-likeness (QED) is 0.263. The molecule has 1 N–H and O–H groups in total. The van der Waals surface area contributed by atoms with E-state index in [2.05, 4.69) is 30.8 Å².